The molecule has 0 heterocycles. The zero-order chi connectivity index (χ0) is 91.3. The number of amides is 12. The van der Waals surface area contributed by atoms with Crippen molar-refractivity contribution in [1.82, 2.24) is 93.5 Å². The molecule has 0 unspecified atom stereocenters. The van der Waals surface area contributed by atoms with E-state index in [1.807, 2.05) is 179 Å². The molecule has 0 saturated heterocycles. The van der Waals surface area contributed by atoms with E-state index < -0.39 is 23.4 Å². The first kappa shape index (κ1) is 114. The van der Waals surface area contributed by atoms with E-state index in [2.05, 4.69) is 137 Å². The molecule has 12 amide bonds. The monoisotopic (exact) mass is 2000 g/mol. The van der Waals surface area contributed by atoms with Crippen LogP contribution in [0.15, 0.2) is 91.0 Å². The second kappa shape index (κ2) is 63.0. The van der Waals surface area contributed by atoms with Crippen LogP contribution in [0.3, 0.4) is 0 Å². The van der Waals surface area contributed by atoms with E-state index in [9.17, 15) is 57.5 Å². The fourth-order valence-electron chi connectivity index (χ4n) is 9.97. The maximum Gasteiger partial charge on any atom is 0.422 e. The Hall–Kier alpha value is -7.02. The number of carbonyl (C=O) groups is 12. The Labute approximate surface area is 748 Å². The minimum absolute atomic E-state index is 0.0492. The molecule has 0 aromatic heterocycles. The van der Waals surface area contributed by atoms with E-state index in [1.54, 1.807) is 48.6 Å². The van der Waals surface area contributed by atoms with Gasteiger partial charge in [0.05, 0.1) is 79.0 Å². The minimum atomic E-state index is -0.652. The normalized spacial score (nSPS) is 11.2. The highest BCUT2D eigenvalue weighted by atomic mass is 79.9. The molecule has 0 radical (unpaired) electrons. The average molecular weight is 2000 g/mol. The maximum atomic E-state index is 12.9. The predicted octanol–water partition coefficient (Wildman–Crippen LogP) is 8.67. The smallest absolute Gasteiger partial charge is 0.422 e. The van der Waals surface area contributed by atoms with Crippen LogP contribution < -0.4 is 55.1 Å². The number of hydrogen-bond donors (Lipinski definition) is 10. The highest BCUT2D eigenvalue weighted by Gasteiger charge is 2.28. The lowest BCUT2D eigenvalue weighted by Crippen LogP contribution is -2.55. The van der Waals surface area contributed by atoms with Gasteiger partial charge in [-0.15, -0.1) is 0 Å². The molecule has 0 aliphatic rings. The van der Waals surface area contributed by atoms with Crippen LogP contribution in [-0.2, 0) is 77.1 Å². The van der Waals surface area contributed by atoms with Crippen LogP contribution in [-0.4, -0.2) is 245 Å². The van der Waals surface area contributed by atoms with Gasteiger partial charge < -0.3 is 9.47 Å². The number of rotatable bonds is 38. The van der Waals surface area contributed by atoms with Crippen LogP contribution in [0.1, 0.15) is 155 Å². The summed E-state index contributed by atoms with van der Waals surface area (Å²) in [5.74, 6) is 10.9. The minimum Gasteiger partial charge on any atom is -0.443 e. The van der Waals surface area contributed by atoms with Crippen molar-refractivity contribution in [2.75, 3.05) is 112 Å². The second-order valence-electron chi connectivity index (χ2n) is 32.5. The summed E-state index contributed by atoms with van der Waals surface area (Å²) in [5.41, 5.74) is 22.7. The molecular formula is C80H137Br5N20O14. The topological polar surface area (TPSA) is 404 Å². The quantitative estimate of drug-likeness (QED) is 0.0146. The third-order valence-corrected chi connectivity index (χ3v) is 16.8. The standard InChI is InChI=1S/C20H31BrN4O4.C17H33BrN4O4.C16H25BrN4O2.C15H23BrN4O2.C12H25BrN4O2/c1-15(2)12-24(23-19(28)29-20(3,4)5)14-18(27)25(22-17(26)11-21)13-16-9-7-6-8-10-16;1-12(2)9-21(20-16(25)26-17(5,6)7)11-15(24)22(10-13(3)4)19-14(23)8-18;1-13(2)10-20(18-3)12-16(23)21(19-15(22)9-17)11-14-7-5-4-6-8-14;1-12(2)9-19(17)11-15(22)20(18-14(21)8-16)10-13-6-4-3-5-7-13;1-9(2)6-16(14)8-12(19)17(7-10(3)4)15-11(18)5-13/h6-10,15H,11-14H2,1-5H3,(H,22,26)(H,23,28);12-13H,8-11H2,1-7H3,(H,19,23)(H,20,25);4-8,13,18H,9-12H2,1-3H3,(H,19,22);3-7,12H,8-11,17H2,1-2H3,(H,18,21);9-10H,5-8,14H2,1-4H3,(H,15,18). The number of nitrogens with one attached hydrogen (secondary N) is 8. The molecule has 39 heteroatoms. The summed E-state index contributed by atoms with van der Waals surface area (Å²) in [6.07, 6.45) is -1.25. The summed E-state index contributed by atoms with van der Waals surface area (Å²) < 4.78 is 10.5. The molecule has 0 aliphatic heterocycles. The van der Waals surface area contributed by atoms with Gasteiger partial charge in [-0.3, -0.25) is 113 Å². The SMILES string of the molecule is CC(C)CN(CC(=O)N(CC(C)C)NC(=O)CBr)NC(=O)OC(C)(C)C.CC(C)CN(CC(=O)N(Cc1ccccc1)NC(=O)CBr)NC(=O)OC(C)(C)C.CC(C)CN(N)CC(=O)N(CC(C)C)NC(=O)CBr.CC(C)CN(N)CC(=O)N(Cc1ccccc1)NC(=O)CBr.CNN(CC(=O)N(Cc1ccccc1)NC(=O)CBr)CC(C)C. The van der Waals surface area contributed by atoms with Crippen LogP contribution in [0.5, 0.6) is 0 Å². The van der Waals surface area contributed by atoms with E-state index in [-0.39, 0.29) is 149 Å². The van der Waals surface area contributed by atoms with Crippen LogP contribution in [0.25, 0.3) is 0 Å². The van der Waals surface area contributed by atoms with Gasteiger partial charge in [0.2, 0.25) is 29.5 Å². The molecule has 0 bridgehead atoms. The number of hydrazine groups is 10. The van der Waals surface area contributed by atoms with Gasteiger partial charge in [0.15, 0.2) is 0 Å². The van der Waals surface area contributed by atoms with Gasteiger partial charge in [-0.2, -0.15) is 0 Å². The van der Waals surface area contributed by atoms with E-state index in [4.69, 9.17) is 21.2 Å². The zero-order valence-electron chi connectivity index (χ0n) is 73.6. The first-order valence-electron chi connectivity index (χ1n) is 39.3. The van der Waals surface area contributed by atoms with Crippen molar-refractivity contribution in [3.05, 3.63) is 108 Å². The molecule has 0 fully saturated rings. The Morgan fingerprint density at radius 3 is 0.748 bits per heavy atom. The molecule has 3 rings (SSSR count). The van der Waals surface area contributed by atoms with Crippen molar-refractivity contribution in [3.8, 4) is 0 Å². The van der Waals surface area contributed by atoms with Gasteiger partial charge in [-0.25, -0.2) is 49.7 Å². The first-order valence-corrected chi connectivity index (χ1v) is 44.9. The molecule has 0 spiro atoms. The largest absolute Gasteiger partial charge is 0.443 e. The fourth-order valence-corrected chi connectivity index (χ4v) is 10.6. The van der Waals surface area contributed by atoms with Crippen LogP contribution in [0, 0.1) is 41.4 Å². The lowest BCUT2D eigenvalue weighted by molar-refractivity contribution is -0.143. The Morgan fingerprint density at radius 1 is 0.311 bits per heavy atom. The Kier molecular flexibility index (Phi) is 60.4. The van der Waals surface area contributed by atoms with Gasteiger partial charge in [0.25, 0.3) is 29.5 Å². The molecule has 3 aromatic carbocycles. The molecule has 3 aromatic rings. The molecule has 0 aliphatic carbocycles. The third kappa shape index (κ3) is 61.0. The predicted molar refractivity (Wildman–Crippen MR) is 482 cm³/mol. The summed E-state index contributed by atoms with van der Waals surface area (Å²) in [6.45, 7) is 43.4. The van der Waals surface area contributed by atoms with E-state index in [1.165, 1.54) is 45.1 Å². The number of benzene rings is 3. The number of halogens is 5. The van der Waals surface area contributed by atoms with Gasteiger partial charge in [0, 0.05) is 45.8 Å². The number of ether oxygens (including phenoxy) is 2. The number of carbonyl (C=O) groups excluding carboxylic acids is 12. The van der Waals surface area contributed by atoms with Crippen molar-refractivity contribution in [1.29, 1.82) is 0 Å². The number of nitrogens with zero attached hydrogens (tertiary/aromatic N) is 10. The number of hydrogen-bond acceptors (Lipinski definition) is 22. The second-order valence-corrected chi connectivity index (χ2v) is 35.3. The van der Waals surface area contributed by atoms with E-state index in [0.29, 0.717) is 70.1 Å². The van der Waals surface area contributed by atoms with Crippen molar-refractivity contribution in [2.24, 2.45) is 53.1 Å². The van der Waals surface area contributed by atoms with Crippen LogP contribution >= 0.6 is 79.6 Å². The van der Waals surface area contributed by atoms with Gasteiger partial charge in [-0.05, 0) is 107 Å². The molecule has 0 atom stereocenters. The number of alkyl halides is 5. The maximum absolute atomic E-state index is 12.9. The average Bonchev–Trinajstić information content (AvgIpc) is 0.884. The lowest BCUT2D eigenvalue weighted by atomic mass is 10.2. The Bertz CT molecular complexity index is 3440. The van der Waals surface area contributed by atoms with Crippen molar-refractivity contribution < 1.29 is 67.0 Å². The van der Waals surface area contributed by atoms with Gasteiger partial charge in [0.1, 0.15) is 11.2 Å². The first-order chi connectivity index (χ1) is 55.5. The third-order valence-electron chi connectivity index (χ3n) is 14.3. The van der Waals surface area contributed by atoms with Crippen molar-refractivity contribution in [3.63, 3.8) is 0 Å². The summed E-state index contributed by atoms with van der Waals surface area (Å²) in [6, 6.07) is 28.4. The summed E-state index contributed by atoms with van der Waals surface area (Å²) >= 11 is 15.4. The lowest BCUT2D eigenvalue weighted by Gasteiger charge is -2.30. The highest BCUT2D eigenvalue weighted by Crippen LogP contribution is 2.13. The molecular weight excluding hydrogens is 1860 g/mol. The fraction of sp³-hybridized carbons (Fsp3) is 0.625. The van der Waals surface area contributed by atoms with Crippen LogP contribution in [0.2, 0.25) is 0 Å². The Balaban J connectivity index is 0. The van der Waals surface area contributed by atoms with E-state index in [0.717, 1.165) is 23.2 Å². The van der Waals surface area contributed by atoms with Crippen LogP contribution in [0.4, 0.5) is 9.59 Å². The van der Waals surface area contributed by atoms with Crippen molar-refractivity contribution in [2.45, 2.75) is 169 Å². The molecule has 676 valence electrons. The van der Waals surface area contributed by atoms with E-state index >= 15 is 0 Å². The summed E-state index contributed by atoms with van der Waals surface area (Å²) in [5, 5.41) is 14.9. The molecule has 119 heavy (non-hydrogen) atoms. The molecule has 0 saturated carbocycles. The zero-order valence-corrected chi connectivity index (χ0v) is 81.5. The molecule has 34 nitrogen and oxygen atoms in total. The van der Waals surface area contributed by atoms with Crippen molar-refractivity contribution >= 4 is 151 Å². The van der Waals surface area contributed by atoms with Gasteiger partial charge >= 0.3 is 12.2 Å². The summed E-state index contributed by atoms with van der Waals surface area (Å²) in [7, 11) is 1.79. The molecule has 12 N–H and O–H groups in total. The van der Waals surface area contributed by atoms with Gasteiger partial charge in [-0.1, -0.05) is 268 Å². The summed E-state index contributed by atoms with van der Waals surface area (Å²) in [4.78, 5) is 145. The number of nitrogens with two attached hydrogens (primary N) is 2. The highest BCUT2D eigenvalue weighted by molar-refractivity contribution is 9.10. The Morgan fingerprint density at radius 2 is 0.521 bits per heavy atom.